The number of ether oxygens (including phenoxy) is 3. The van der Waals surface area contributed by atoms with Crippen molar-refractivity contribution < 1.29 is 19.0 Å². The lowest BCUT2D eigenvalue weighted by molar-refractivity contribution is -0.112. The largest absolute Gasteiger partial charge is 0.493 e. The van der Waals surface area contributed by atoms with E-state index in [1.165, 1.54) is 24.5 Å². The Hall–Kier alpha value is -4.68. The number of rotatable bonds is 11. The monoisotopic (exact) mass is 526 g/mol. The first-order valence-electron chi connectivity index (χ1n) is 11.8. The summed E-state index contributed by atoms with van der Waals surface area (Å²) in [6.45, 7) is 2.70. The van der Waals surface area contributed by atoms with Gasteiger partial charge in [0.05, 0.1) is 7.11 Å². The molecule has 0 aliphatic rings. The van der Waals surface area contributed by atoms with Gasteiger partial charge in [0.15, 0.2) is 11.5 Å². The number of aromatic nitrogens is 2. The normalized spacial score (nSPS) is 10.9. The van der Waals surface area contributed by atoms with E-state index in [2.05, 4.69) is 15.5 Å². The van der Waals surface area contributed by atoms with Crippen LogP contribution in [0, 0.1) is 18.3 Å². The topological polar surface area (TPSA) is 106 Å². The van der Waals surface area contributed by atoms with Crippen LogP contribution in [0.3, 0.4) is 0 Å². The summed E-state index contributed by atoms with van der Waals surface area (Å²) in [5.41, 5.74) is 2.79. The fourth-order valence-corrected chi connectivity index (χ4v) is 4.23. The molecular formula is C29H26N4O4S. The quantitative estimate of drug-likeness (QED) is 0.157. The standard InChI is InChI=1S/C29H26N4O4S/c1-20-8-11-24(12-9-20)36-14-15-37-25-13-10-22(17-26(25)35-2)16-23(19-30)28(34)31-29-33-32-27(38-29)18-21-6-4-3-5-7-21/h3-13,16-17H,14-15,18H2,1-2H3,(H,31,33,34)/b23-16-. The highest BCUT2D eigenvalue weighted by atomic mass is 32.1. The summed E-state index contributed by atoms with van der Waals surface area (Å²) < 4.78 is 16.9. The second-order valence-corrected chi connectivity index (χ2v) is 9.27. The van der Waals surface area contributed by atoms with Gasteiger partial charge in [-0.05, 0) is 48.4 Å². The predicted octanol–water partition coefficient (Wildman–Crippen LogP) is 5.45. The number of carbonyl (C=O) groups excluding carboxylic acids is 1. The van der Waals surface area contributed by atoms with Gasteiger partial charge in [-0.25, -0.2) is 0 Å². The van der Waals surface area contributed by atoms with Crippen molar-refractivity contribution >= 4 is 28.5 Å². The highest BCUT2D eigenvalue weighted by molar-refractivity contribution is 7.15. The number of benzene rings is 3. The molecule has 1 heterocycles. The second-order valence-electron chi connectivity index (χ2n) is 8.21. The molecule has 0 aliphatic carbocycles. The third-order valence-corrected chi connectivity index (χ3v) is 6.22. The van der Waals surface area contributed by atoms with Crippen LogP contribution in [-0.4, -0.2) is 36.4 Å². The number of carbonyl (C=O) groups is 1. The van der Waals surface area contributed by atoms with Gasteiger partial charge in [0.1, 0.15) is 35.6 Å². The molecule has 1 amide bonds. The zero-order valence-electron chi connectivity index (χ0n) is 21.0. The summed E-state index contributed by atoms with van der Waals surface area (Å²) in [7, 11) is 1.53. The van der Waals surface area contributed by atoms with Crippen LogP contribution in [0.15, 0.2) is 78.4 Å². The first-order valence-corrected chi connectivity index (χ1v) is 12.7. The Bertz CT molecular complexity index is 1440. The molecule has 1 aromatic heterocycles. The minimum absolute atomic E-state index is 0.0768. The maximum absolute atomic E-state index is 12.7. The van der Waals surface area contributed by atoms with Gasteiger partial charge < -0.3 is 14.2 Å². The molecule has 192 valence electrons. The van der Waals surface area contributed by atoms with E-state index in [1.54, 1.807) is 18.2 Å². The average molecular weight is 527 g/mol. The Morgan fingerprint density at radius 1 is 1.00 bits per heavy atom. The molecule has 0 radical (unpaired) electrons. The molecule has 8 nitrogen and oxygen atoms in total. The summed E-state index contributed by atoms with van der Waals surface area (Å²) >= 11 is 1.27. The third kappa shape index (κ3) is 7.41. The molecule has 4 rings (SSSR count). The summed E-state index contributed by atoms with van der Waals surface area (Å²) in [6.07, 6.45) is 2.09. The van der Waals surface area contributed by atoms with Crippen LogP contribution in [0.25, 0.3) is 6.08 Å². The molecule has 1 N–H and O–H groups in total. The predicted molar refractivity (Wildman–Crippen MR) is 147 cm³/mol. The molecule has 0 fully saturated rings. The van der Waals surface area contributed by atoms with E-state index < -0.39 is 5.91 Å². The van der Waals surface area contributed by atoms with E-state index in [9.17, 15) is 10.1 Å². The van der Waals surface area contributed by atoms with E-state index in [-0.39, 0.29) is 5.57 Å². The van der Waals surface area contributed by atoms with Crippen LogP contribution >= 0.6 is 11.3 Å². The van der Waals surface area contributed by atoms with Gasteiger partial charge in [0, 0.05) is 6.42 Å². The van der Waals surface area contributed by atoms with Crippen molar-refractivity contribution in [2.45, 2.75) is 13.3 Å². The van der Waals surface area contributed by atoms with Gasteiger partial charge in [-0.2, -0.15) is 5.26 Å². The van der Waals surface area contributed by atoms with Crippen LogP contribution in [0.4, 0.5) is 5.13 Å². The first kappa shape index (κ1) is 26.4. The molecule has 3 aromatic carbocycles. The van der Waals surface area contributed by atoms with Gasteiger partial charge in [-0.15, -0.1) is 10.2 Å². The van der Waals surface area contributed by atoms with E-state index in [1.807, 2.05) is 67.6 Å². The molecular weight excluding hydrogens is 500 g/mol. The van der Waals surface area contributed by atoms with E-state index in [0.29, 0.717) is 41.8 Å². The number of nitrogens with zero attached hydrogens (tertiary/aromatic N) is 3. The summed E-state index contributed by atoms with van der Waals surface area (Å²) in [6, 6.07) is 24.8. The zero-order valence-corrected chi connectivity index (χ0v) is 21.8. The third-order valence-electron chi connectivity index (χ3n) is 5.38. The van der Waals surface area contributed by atoms with Crippen molar-refractivity contribution in [2.75, 3.05) is 25.6 Å². The lowest BCUT2D eigenvalue weighted by atomic mass is 10.1. The maximum atomic E-state index is 12.7. The van der Waals surface area contributed by atoms with Crippen molar-refractivity contribution in [3.05, 3.63) is 100 Å². The number of aryl methyl sites for hydroxylation is 1. The smallest absolute Gasteiger partial charge is 0.268 e. The van der Waals surface area contributed by atoms with E-state index in [0.717, 1.165) is 21.9 Å². The van der Waals surface area contributed by atoms with Crippen molar-refractivity contribution in [2.24, 2.45) is 0 Å². The number of amides is 1. The number of hydrogen-bond donors (Lipinski definition) is 1. The summed E-state index contributed by atoms with van der Waals surface area (Å²) in [5, 5.41) is 21.5. The van der Waals surface area contributed by atoms with E-state index >= 15 is 0 Å². The molecule has 0 saturated carbocycles. The minimum Gasteiger partial charge on any atom is -0.493 e. The first-order chi connectivity index (χ1) is 18.5. The van der Waals surface area contributed by atoms with Gasteiger partial charge in [-0.3, -0.25) is 10.1 Å². The van der Waals surface area contributed by atoms with Gasteiger partial charge >= 0.3 is 0 Å². The molecule has 0 unspecified atom stereocenters. The number of nitrogens with one attached hydrogen (secondary N) is 1. The summed E-state index contributed by atoms with van der Waals surface area (Å²) in [4.78, 5) is 12.7. The Kier molecular flexibility index (Phi) is 9.05. The Labute approximate surface area is 225 Å². The Balaban J connectivity index is 1.35. The lowest BCUT2D eigenvalue weighted by Gasteiger charge is -2.12. The number of nitriles is 1. The van der Waals surface area contributed by atoms with Crippen LogP contribution in [-0.2, 0) is 11.2 Å². The van der Waals surface area contributed by atoms with E-state index in [4.69, 9.17) is 14.2 Å². The van der Waals surface area contributed by atoms with Crippen molar-refractivity contribution in [1.29, 1.82) is 5.26 Å². The van der Waals surface area contributed by atoms with Crippen LogP contribution in [0.5, 0.6) is 17.2 Å². The molecule has 0 atom stereocenters. The molecule has 0 aliphatic heterocycles. The summed E-state index contributed by atoms with van der Waals surface area (Å²) in [5.74, 6) is 1.21. The van der Waals surface area contributed by atoms with Crippen LogP contribution in [0.2, 0.25) is 0 Å². The number of anilines is 1. The Morgan fingerprint density at radius 2 is 1.76 bits per heavy atom. The fraction of sp³-hybridized carbons (Fsp3) is 0.172. The minimum atomic E-state index is -0.567. The fourth-order valence-electron chi connectivity index (χ4n) is 3.46. The zero-order chi connectivity index (χ0) is 26.7. The van der Waals surface area contributed by atoms with Crippen LogP contribution < -0.4 is 19.5 Å². The van der Waals surface area contributed by atoms with Crippen LogP contribution in [0.1, 0.15) is 21.7 Å². The van der Waals surface area contributed by atoms with Gasteiger partial charge in [-0.1, -0.05) is 65.4 Å². The Morgan fingerprint density at radius 3 is 2.50 bits per heavy atom. The maximum Gasteiger partial charge on any atom is 0.268 e. The van der Waals surface area contributed by atoms with Crippen molar-refractivity contribution in [1.82, 2.24) is 10.2 Å². The van der Waals surface area contributed by atoms with Gasteiger partial charge in [0.25, 0.3) is 5.91 Å². The molecule has 9 heteroatoms. The average Bonchev–Trinajstić information content (AvgIpc) is 3.37. The second kappa shape index (κ2) is 13.0. The molecule has 0 saturated heterocycles. The molecule has 4 aromatic rings. The number of methoxy groups -OCH3 is 1. The SMILES string of the molecule is COc1cc(/C=C(/C#N)C(=O)Nc2nnc(Cc3ccccc3)s2)ccc1OCCOc1ccc(C)cc1. The number of hydrogen-bond acceptors (Lipinski definition) is 8. The van der Waals surface area contributed by atoms with Gasteiger partial charge in [0.2, 0.25) is 5.13 Å². The van der Waals surface area contributed by atoms with Crippen molar-refractivity contribution in [3.8, 4) is 23.3 Å². The molecule has 0 bridgehead atoms. The molecule has 38 heavy (non-hydrogen) atoms. The van der Waals surface area contributed by atoms with Crippen molar-refractivity contribution in [3.63, 3.8) is 0 Å². The highest BCUT2D eigenvalue weighted by Crippen LogP contribution is 2.29. The molecule has 0 spiro atoms. The highest BCUT2D eigenvalue weighted by Gasteiger charge is 2.14. The lowest BCUT2D eigenvalue weighted by Crippen LogP contribution is -2.13.